The second-order valence-electron chi connectivity index (χ2n) is 13.1. The molecule has 4 heteroatoms. The zero-order valence-electron chi connectivity index (χ0n) is 28.5. The maximum absolute atomic E-state index is 13.3. The number of unbranched alkanes of at least 4 members (excludes halogenated alkanes) is 15. The van der Waals surface area contributed by atoms with Crippen molar-refractivity contribution in [2.24, 2.45) is 0 Å². The van der Waals surface area contributed by atoms with E-state index in [1.807, 2.05) is 52.0 Å². The van der Waals surface area contributed by atoms with Crippen molar-refractivity contribution in [3.63, 3.8) is 0 Å². The van der Waals surface area contributed by atoms with E-state index in [-0.39, 0.29) is 23.9 Å². The molecule has 43 heavy (non-hydrogen) atoms. The Labute approximate surface area is 263 Å². The van der Waals surface area contributed by atoms with Gasteiger partial charge in [-0.1, -0.05) is 134 Å². The van der Waals surface area contributed by atoms with Crippen molar-refractivity contribution >= 4 is 5.97 Å². The molecule has 0 atom stereocenters. The summed E-state index contributed by atoms with van der Waals surface area (Å²) in [6, 6.07) is 7.97. The van der Waals surface area contributed by atoms with Crippen molar-refractivity contribution < 1.29 is 19.7 Å². The number of carbonyl (C=O) groups is 1. The number of aromatic hydroxyl groups is 2. The quantitative estimate of drug-likeness (QED) is 0.105. The summed E-state index contributed by atoms with van der Waals surface area (Å²) in [6.45, 7) is 12.4. The fourth-order valence-corrected chi connectivity index (χ4v) is 6.50. The number of phenolic OH excluding ortho intramolecular Hbond substituents is 2. The van der Waals surface area contributed by atoms with Crippen LogP contribution < -0.4 is 0 Å². The molecule has 2 aromatic rings. The van der Waals surface area contributed by atoms with Crippen LogP contribution in [-0.2, 0) is 14.9 Å². The van der Waals surface area contributed by atoms with Crippen LogP contribution in [0.5, 0.6) is 11.5 Å². The van der Waals surface area contributed by atoms with Crippen molar-refractivity contribution in [3.8, 4) is 11.5 Å². The Hall–Kier alpha value is -2.49. The van der Waals surface area contributed by atoms with E-state index in [9.17, 15) is 15.0 Å². The van der Waals surface area contributed by atoms with Gasteiger partial charge in [-0.15, -0.1) is 0 Å². The Bertz CT molecular complexity index is 999. The molecule has 0 saturated carbocycles. The van der Waals surface area contributed by atoms with Crippen LogP contribution in [0.15, 0.2) is 24.3 Å². The molecule has 2 N–H and O–H groups in total. The molecule has 2 rings (SSSR count). The minimum absolute atomic E-state index is 0.199. The van der Waals surface area contributed by atoms with Crippen LogP contribution >= 0.6 is 0 Å². The Morgan fingerprint density at radius 1 is 0.581 bits per heavy atom. The van der Waals surface area contributed by atoms with Gasteiger partial charge in [-0.3, -0.25) is 4.79 Å². The minimum Gasteiger partial charge on any atom is -0.507 e. The van der Waals surface area contributed by atoms with Crippen LogP contribution in [0.4, 0.5) is 0 Å². The molecule has 0 unspecified atom stereocenters. The number of hydrogen-bond acceptors (Lipinski definition) is 4. The lowest BCUT2D eigenvalue weighted by Crippen LogP contribution is -2.31. The van der Waals surface area contributed by atoms with Crippen LogP contribution in [0, 0.1) is 27.7 Å². The van der Waals surface area contributed by atoms with Crippen molar-refractivity contribution in [2.45, 2.75) is 163 Å². The van der Waals surface area contributed by atoms with Crippen LogP contribution in [0.25, 0.3) is 0 Å². The number of rotatable bonds is 22. The summed E-state index contributed by atoms with van der Waals surface area (Å²) < 4.78 is 5.79. The Morgan fingerprint density at radius 2 is 0.907 bits per heavy atom. The van der Waals surface area contributed by atoms with Gasteiger partial charge in [0, 0.05) is 5.41 Å². The molecule has 0 aromatic heterocycles. The van der Waals surface area contributed by atoms with Crippen LogP contribution in [0.1, 0.15) is 163 Å². The minimum atomic E-state index is -0.613. The van der Waals surface area contributed by atoms with Gasteiger partial charge < -0.3 is 14.9 Å². The highest BCUT2D eigenvalue weighted by Gasteiger charge is 2.37. The maximum atomic E-state index is 13.3. The van der Waals surface area contributed by atoms with Gasteiger partial charge in [-0.25, -0.2) is 0 Å². The van der Waals surface area contributed by atoms with Gasteiger partial charge in [-0.05, 0) is 73.9 Å². The first-order valence-electron chi connectivity index (χ1n) is 17.4. The van der Waals surface area contributed by atoms with Crippen LogP contribution in [0.3, 0.4) is 0 Å². The predicted molar refractivity (Wildman–Crippen MR) is 181 cm³/mol. The molecule has 0 bridgehead atoms. The van der Waals surface area contributed by atoms with Gasteiger partial charge in [0.1, 0.15) is 11.5 Å². The molecule has 0 amide bonds. The fraction of sp³-hybridized carbons (Fsp3) is 0.667. The molecule has 242 valence electrons. The topological polar surface area (TPSA) is 66.8 Å². The second-order valence-corrected chi connectivity index (χ2v) is 13.1. The molecule has 0 aliphatic rings. The average Bonchev–Trinajstić information content (AvgIpc) is 2.98. The molecule has 0 aliphatic carbocycles. The van der Waals surface area contributed by atoms with E-state index in [0.29, 0.717) is 13.0 Å². The number of ether oxygens (including phenoxy) is 1. The first-order chi connectivity index (χ1) is 20.7. The highest BCUT2D eigenvalue weighted by Crippen LogP contribution is 2.43. The van der Waals surface area contributed by atoms with Gasteiger partial charge in [0.05, 0.1) is 13.0 Å². The van der Waals surface area contributed by atoms with Crippen molar-refractivity contribution in [3.05, 3.63) is 57.6 Å². The molecule has 0 saturated heterocycles. The Morgan fingerprint density at radius 3 is 1.23 bits per heavy atom. The fourth-order valence-electron chi connectivity index (χ4n) is 6.50. The molecule has 2 aromatic carbocycles. The SMILES string of the molecule is CCCCCCCCCCCCCCCCCCOC(=O)CC(CC)(c1cc(C)c(O)c(C)c1)c1cc(C)c(O)c(C)c1. The van der Waals surface area contributed by atoms with E-state index in [1.54, 1.807) is 0 Å². The number of benzene rings is 2. The van der Waals surface area contributed by atoms with Gasteiger partial charge in [0.2, 0.25) is 0 Å². The van der Waals surface area contributed by atoms with E-state index in [1.165, 1.54) is 89.9 Å². The smallest absolute Gasteiger partial charge is 0.307 e. The van der Waals surface area contributed by atoms with E-state index in [4.69, 9.17) is 4.74 Å². The number of phenols is 2. The molecular formula is C39H62O4. The van der Waals surface area contributed by atoms with Crippen molar-refractivity contribution in [1.82, 2.24) is 0 Å². The molecule has 0 fully saturated rings. The normalized spacial score (nSPS) is 11.7. The molecular weight excluding hydrogens is 532 g/mol. The van der Waals surface area contributed by atoms with Crippen LogP contribution in [-0.4, -0.2) is 22.8 Å². The summed E-state index contributed by atoms with van der Waals surface area (Å²) in [7, 11) is 0. The van der Waals surface area contributed by atoms with Gasteiger partial charge in [0.25, 0.3) is 0 Å². The lowest BCUT2D eigenvalue weighted by atomic mass is 9.69. The lowest BCUT2D eigenvalue weighted by Gasteiger charge is -2.35. The summed E-state index contributed by atoms with van der Waals surface area (Å²) in [4.78, 5) is 13.3. The summed E-state index contributed by atoms with van der Waals surface area (Å²) in [6.07, 6.45) is 22.0. The summed E-state index contributed by atoms with van der Waals surface area (Å²) in [5, 5.41) is 20.9. The standard InChI is InChI=1S/C39H62O4/c1-7-9-10-11-12-13-14-15-16-17-18-19-20-21-22-23-24-43-36(40)29-39(8-2,34-25-30(3)37(41)31(4)26-34)35-27-32(5)38(42)33(6)28-35/h25-28,41-42H,7-24,29H2,1-6H3. The monoisotopic (exact) mass is 594 g/mol. The molecule has 0 radical (unpaired) electrons. The summed E-state index contributed by atoms with van der Waals surface area (Å²) in [5.41, 5.74) is 4.54. The third-order valence-electron chi connectivity index (χ3n) is 9.40. The number of hydrogen-bond donors (Lipinski definition) is 2. The van der Waals surface area contributed by atoms with E-state index in [0.717, 1.165) is 46.2 Å². The third kappa shape index (κ3) is 11.8. The van der Waals surface area contributed by atoms with Gasteiger partial charge in [0.15, 0.2) is 0 Å². The third-order valence-corrected chi connectivity index (χ3v) is 9.40. The van der Waals surface area contributed by atoms with Crippen molar-refractivity contribution in [2.75, 3.05) is 6.61 Å². The molecule has 0 heterocycles. The molecule has 0 aliphatic heterocycles. The van der Waals surface area contributed by atoms with E-state index in [2.05, 4.69) is 13.8 Å². The van der Waals surface area contributed by atoms with Crippen molar-refractivity contribution in [1.29, 1.82) is 0 Å². The first-order valence-corrected chi connectivity index (χ1v) is 17.4. The van der Waals surface area contributed by atoms with Gasteiger partial charge in [-0.2, -0.15) is 0 Å². The Balaban J connectivity index is 1.79. The molecule has 4 nitrogen and oxygen atoms in total. The highest BCUT2D eigenvalue weighted by molar-refractivity contribution is 5.73. The van der Waals surface area contributed by atoms with E-state index < -0.39 is 5.41 Å². The zero-order valence-corrected chi connectivity index (χ0v) is 28.5. The van der Waals surface area contributed by atoms with Crippen LogP contribution in [0.2, 0.25) is 0 Å². The second kappa shape index (κ2) is 19.7. The molecule has 0 spiro atoms. The number of aryl methyl sites for hydroxylation is 4. The summed E-state index contributed by atoms with van der Waals surface area (Å²) >= 11 is 0. The number of esters is 1. The lowest BCUT2D eigenvalue weighted by molar-refractivity contribution is -0.145. The maximum Gasteiger partial charge on any atom is 0.307 e. The predicted octanol–water partition coefficient (Wildman–Crippen LogP) is 11.2. The Kier molecular flexibility index (Phi) is 16.8. The van der Waals surface area contributed by atoms with E-state index >= 15 is 0 Å². The zero-order chi connectivity index (χ0) is 31.7. The highest BCUT2D eigenvalue weighted by atomic mass is 16.5. The number of carbonyl (C=O) groups excluding carboxylic acids is 1. The first kappa shape index (κ1) is 36.7. The average molecular weight is 595 g/mol. The largest absolute Gasteiger partial charge is 0.507 e. The van der Waals surface area contributed by atoms with Gasteiger partial charge >= 0.3 is 5.97 Å². The summed E-state index contributed by atoms with van der Waals surface area (Å²) in [5.74, 6) is 0.380.